The maximum absolute atomic E-state index is 13.0. The Morgan fingerprint density at radius 1 is 1.21 bits per heavy atom. The first-order chi connectivity index (χ1) is 13.9. The molecule has 0 saturated carbocycles. The predicted molar refractivity (Wildman–Crippen MR) is 99.2 cm³/mol. The highest BCUT2D eigenvalue weighted by molar-refractivity contribution is 6.08. The van der Waals surface area contributed by atoms with Crippen molar-refractivity contribution in [2.75, 3.05) is 12.4 Å². The third kappa shape index (κ3) is 3.51. The third-order valence-electron chi connectivity index (χ3n) is 4.28. The van der Waals surface area contributed by atoms with Gasteiger partial charge in [0.25, 0.3) is 5.91 Å². The van der Waals surface area contributed by atoms with E-state index in [1.54, 1.807) is 18.3 Å². The molecule has 0 bridgehead atoms. The van der Waals surface area contributed by atoms with Crippen LogP contribution in [0.5, 0.6) is 5.75 Å². The number of halogens is 3. The van der Waals surface area contributed by atoms with Crippen LogP contribution in [0.25, 0.3) is 16.6 Å². The van der Waals surface area contributed by atoms with E-state index in [2.05, 4.69) is 20.6 Å². The van der Waals surface area contributed by atoms with Crippen molar-refractivity contribution in [3.63, 3.8) is 0 Å². The number of H-pyrrole nitrogens is 1. The van der Waals surface area contributed by atoms with Crippen LogP contribution in [0.3, 0.4) is 0 Å². The summed E-state index contributed by atoms with van der Waals surface area (Å²) in [6.45, 7) is 0. The number of amides is 1. The second-order valence-electron chi connectivity index (χ2n) is 6.13. The van der Waals surface area contributed by atoms with E-state index in [1.807, 2.05) is 6.07 Å². The van der Waals surface area contributed by atoms with Crippen LogP contribution in [0.4, 0.5) is 18.9 Å². The minimum atomic E-state index is -4.49. The molecule has 4 aromatic rings. The van der Waals surface area contributed by atoms with Crippen LogP contribution in [-0.4, -0.2) is 33.0 Å². The maximum atomic E-state index is 13.0. The number of nitrogens with zero attached hydrogens (tertiary/aromatic N) is 3. The summed E-state index contributed by atoms with van der Waals surface area (Å²) in [4.78, 5) is 12.7. The molecular weight excluding hydrogens is 387 g/mol. The predicted octanol–water partition coefficient (Wildman–Crippen LogP) is 4.03. The molecule has 0 aliphatic carbocycles. The fraction of sp³-hybridized carbons (Fsp3) is 0.105. The normalized spacial score (nSPS) is 11.6. The van der Waals surface area contributed by atoms with Crippen LogP contribution in [0.2, 0.25) is 0 Å². The van der Waals surface area contributed by atoms with Crippen LogP contribution in [0.15, 0.2) is 54.9 Å². The number of hydrogen-bond acceptors (Lipinski definition) is 4. The number of fused-ring (bicyclic) bond motifs is 1. The van der Waals surface area contributed by atoms with Crippen LogP contribution < -0.4 is 10.1 Å². The summed E-state index contributed by atoms with van der Waals surface area (Å²) in [5.74, 6) is -0.452. The highest BCUT2D eigenvalue weighted by Gasteiger charge is 2.30. The minimum absolute atomic E-state index is 0.0681. The molecule has 0 aliphatic heterocycles. The van der Waals surface area contributed by atoms with Crippen molar-refractivity contribution in [3.8, 4) is 11.4 Å². The fourth-order valence-electron chi connectivity index (χ4n) is 2.88. The molecule has 7 nitrogen and oxygen atoms in total. The van der Waals surface area contributed by atoms with Crippen molar-refractivity contribution in [1.82, 2.24) is 20.0 Å². The molecule has 4 rings (SSSR count). The fourth-order valence-corrected chi connectivity index (χ4v) is 2.88. The zero-order valence-electron chi connectivity index (χ0n) is 15.0. The lowest BCUT2D eigenvalue weighted by Gasteiger charge is -2.08. The number of rotatable bonds is 4. The van der Waals surface area contributed by atoms with E-state index >= 15 is 0 Å². The summed E-state index contributed by atoms with van der Waals surface area (Å²) in [6, 6.07) is 9.90. The number of carbonyl (C=O) groups is 1. The van der Waals surface area contributed by atoms with Gasteiger partial charge >= 0.3 is 6.18 Å². The van der Waals surface area contributed by atoms with Gasteiger partial charge in [0, 0.05) is 5.39 Å². The molecule has 0 radical (unpaired) electrons. The SMILES string of the molecule is COc1cn(-c2cccc(C(F)(F)F)c2)nc1C(=O)Nc1cccc2cn[nH]c12. The Hall–Kier alpha value is -3.82. The summed E-state index contributed by atoms with van der Waals surface area (Å²) in [5.41, 5.74) is 0.383. The Kier molecular flexibility index (Phi) is 4.45. The van der Waals surface area contributed by atoms with Gasteiger partial charge in [0.05, 0.1) is 42.0 Å². The summed E-state index contributed by atoms with van der Waals surface area (Å²) in [7, 11) is 1.35. The van der Waals surface area contributed by atoms with Crippen LogP contribution in [-0.2, 0) is 6.18 Å². The number of methoxy groups -OCH3 is 1. The molecular formula is C19H14F3N5O2. The Labute approximate surface area is 162 Å². The van der Waals surface area contributed by atoms with E-state index in [0.717, 1.165) is 17.5 Å². The zero-order chi connectivity index (χ0) is 20.6. The zero-order valence-corrected chi connectivity index (χ0v) is 15.0. The molecule has 2 aromatic heterocycles. The number of aromatic nitrogens is 4. The van der Waals surface area contributed by atoms with Gasteiger partial charge in [-0.1, -0.05) is 18.2 Å². The highest BCUT2D eigenvalue weighted by Crippen LogP contribution is 2.31. The number of benzene rings is 2. The molecule has 1 amide bonds. The first-order valence-electron chi connectivity index (χ1n) is 8.41. The Bertz CT molecular complexity index is 1200. The molecule has 0 saturated heterocycles. The quantitative estimate of drug-likeness (QED) is 0.541. The van der Waals surface area contributed by atoms with Crippen molar-refractivity contribution in [2.24, 2.45) is 0 Å². The first-order valence-corrected chi connectivity index (χ1v) is 8.41. The number of para-hydroxylation sites is 1. The second-order valence-corrected chi connectivity index (χ2v) is 6.13. The number of anilines is 1. The Morgan fingerprint density at radius 2 is 2.00 bits per heavy atom. The highest BCUT2D eigenvalue weighted by atomic mass is 19.4. The smallest absolute Gasteiger partial charge is 0.416 e. The number of nitrogens with one attached hydrogen (secondary N) is 2. The number of hydrogen-bond donors (Lipinski definition) is 2. The van der Waals surface area contributed by atoms with Crippen molar-refractivity contribution in [3.05, 3.63) is 66.1 Å². The minimum Gasteiger partial charge on any atom is -0.493 e. The number of ether oxygens (including phenoxy) is 1. The summed E-state index contributed by atoms with van der Waals surface area (Å²) < 4.78 is 45.3. The number of aromatic amines is 1. The molecule has 0 unspecified atom stereocenters. The summed E-state index contributed by atoms with van der Waals surface area (Å²) in [5, 5.41) is 14.4. The lowest BCUT2D eigenvalue weighted by molar-refractivity contribution is -0.137. The van der Waals surface area contributed by atoms with E-state index in [-0.39, 0.29) is 17.1 Å². The maximum Gasteiger partial charge on any atom is 0.416 e. The van der Waals surface area contributed by atoms with E-state index in [1.165, 1.54) is 30.1 Å². The molecule has 29 heavy (non-hydrogen) atoms. The van der Waals surface area contributed by atoms with E-state index in [9.17, 15) is 18.0 Å². The standard InChI is InChI=1S/C19H14F3N5O2/c1-29-15-10-27(13-6-3-5-12(8-13)19(20,21)22)26-17(15)18(28)24-14-7-2-4-11-9-23-25-16(11)14/h2-10H,1H3,(H,23,25)(H,24,28). The third-order valence-corrected chi connectivity index (χ3v) is 4.28. The summed E-state index contributed by atoms with van der Waals surface area (Å²) in [6.07, 6.45) is -1.52. The Balaban J connectivity index is 1.68. The average Bonchev–Trinajstić information content (AvgIpc) is 3.35. The van der Waals surface area contributed by atoms with E-state index in [4.69, 9.17) is 4.74 Å². The van der Waals surface area contributed by atoms with Gasteiger partial charge in [0.15, 0.2) is 11.4 Å². The molecule has 2 heterocycles. The molecule has 2 aromatic carbocycles. The number of carbonyl (C=O) groups excluding carboxylic acids is 1. The van der Waals surface area contributed by atoms with Gasteiger partial charge in [-0.15, -0.1) is 0 Å². The van der Waals surface area contributed by atoms with Crippen molar-refractivity contribution >= 4 is 22.5 Å². The molecule has 0 spiro atoms. The van der Waals surface area contributed by atoms with Gasteiger partial charge in [0.1, 0.15) is 0 Å². The topological polar surface area (TPSA) is 84.8 Å². The van der Waals surface area contributed by atoms with Gasteiger partial charge in [-0.25, -0.2) is 4.68 Å². The van der Waals surface area contributed by atoms with Gasteiger partial charge in [-0.05, 0) is 24.3 Å². The molecule has 148 valence electrons. The molecule has 0 aliphatic rings. The Morgan fingerprint density at radius 3 is 2.76 bits per heavy atom. The molecule has 0 fully saturated rings. The van der Waals surface area contributed by atoms with Crippen molar-refractivity contribution in [1.29, 1.82) is 0 Å². The lowest BCUT2D eigenvalue weighted by atomic mass is 10.2. The van der Waals surface area contributed by atoms with Crippen LogP contribution in [0, 0.1) is 0 Å². The van der Waals surface area contributed by atoms with Gasteiger partial charge < -0.3 is 10.1 Å². The van der Waals surface area contributed by atoms with Crippen LogP contribution in [0.1, 0.15) is 16.1 Å². The summed E-state index contributed by atoms with van der Waals surface area (Å²) >= 11 is 0. The van der Waals surface area contributed by atoms with Crippen molar-refractivity contribution < 1.29 is 22.7 Å². The molecule has 2 N–H and O–H groups in total. The largest absolute Gasteiger partial charge is 0.493 e. The second kappa shape index (κ2) is 6.97. The van der Waals surface area contributed by atoms with Gasteiger partial charge in [0.2, 0.25) is 0 Å². The monoisotopic (exact) mass is 401 g/mol. The lowest BCUT2D eigenvalue weighted by Crippen LogP contribution is -2.14. The van der Waals surface area contributed by atoms with E-state index in [0.29, 0.717) is 11.2 Å². The van der Waals surface area contributed by atoms with Gasteiger partial charge in [-0.3, -0.25) is 9.89 Å². The number of alkyl halides is 3. The van der Waals surface area contributed by atoms with Crippen molar-refractivity contribution in [2.45, 2.75) is 6.18 Å². The molecule has 0 atom stereocenters. The first kappa shape index (κ1) is 18.5. The van der Waals surface area contributed by atoms with Gasteiger partial charge in [-0.2, -0.15) is 23.4 Å². The average molecular weight is 401 g/mol. The van der Waals surface area contributed by atoms with Crippen LogP contribution >= 0.6 is 0 Å². The molecule has 10 heteroatoms. The van der Waals surface area contributed by atoms with E-state index < -0.39 is 17.6 Å².